The van der Waals surface area contributed by atoms with E-state index in [9.17, 15) is 9.59 Å². The molecule has 2 fully saturated rings. The highest BCUT2D eigenvalue weighted by molar-refractivity contribution is 5.91. The SMILES string of the molecule is CN1C(=O)C2(CCN(C(=O)c3nccn3C)CC2)C[C@H]1Cc1ccccc1. The molecule has 2 aromatic rings. The second-order valence-electron chi connectivity index (χ2n) is 7.90. The molecule has 3 heterocycles. The molecule has 0 saturated carbocycles. The minimum absolute atomic E-state index is 0.0445. The van der Waals surface area contributed by atoms with E-state index in [1.807, 2.05) is 42.1 Å². The number of likely N-dealkylation sites (tertiary alicyclic amines) is 2. The molecule has 0 radical (unpaired) electrons. The number of hydrogen-bond donors (Lipinski definition) is 0. The minimum Gasteiger partial charge on any atom is -0.342 e. The van der Waals surface area contributed by atoms with Gasteiger partial charge >= 0.3 is 0 Å². The van der Waals surface area contributed by atoms with Gasteiger partial charge in [0, 0.05) is 45.6 Å². The van der Waals surface area contributed by atoms with E-state index in [2.05, 4.69) is 17.1 Å². The van der Waals surface area contributed by atoms with Crippen LogP contribution in [-0.4, -0.2) is 57.3 Å². The van der Waals surface area contributed by atoms with Gasteiger partial charge in [0.1, 0.15) is 0 Å². The lowest BCUT2D eigenvalue weighted by molar-refractivity contribution is -0.137. The molecule has 1 aromatic heterocycles. The van der Waals surface area contributed by atoms with Gasteiger partial charge in [0.15, 0.2) is 5.82 Å². The van der Waals surface area contributed by atoms with Crippen molar-refractivity contribution in [2.75, 3.05) is 20.1 Å². The number of hydrogen-bond acceptors (Lipinski definition) is 3. The lowest BCUT2D eigenvalue weighted by atomic mass is 9.75. The number of likely N-dealkylation sites (N-methyl/N-ethyl adjacent to an activating group) is 1. The van der Waals surface area contributed by atoms with E-state index in [0.29, 0.717) is 18.9 Å². The van der Waals surface area contributed by atoms with Crippen molar-refractivity contribution in [2.24, 2.45) is 12.5 Å². The summed E-state index contributed by atoms with van der Waals surface area (Å²) < 4.78 is 1.75. The van der Waals surface area contributed by atoms with Crippen molar-refractivity contribution in [3.05, 3.63) is 54.1 Å². The highest BCUT2D eigenvalue weighted by atomic mass is 16.2. The van der Waals surface area contributed by atoms with Crippen LogP contribution in [0.15, 0.2) is 42.7 Å². The first-order valence-electron chi connectivity index (χ1n) is 9.58. The van der Waals surface area contributed by atoms with Crippen LogP contribution in [0.2, 0.25) is 0 Å². The zero-order chi connectivity index (χ0) is 19.0. The number of amides is 2. The van der Waals surface area contributed by atoms with Crippen LogP contribution >= 0.6 is 0 Å². The molecule has 1 aromatic carbocycles. The first kappa shape index (κ1) is 17.8. The zero-order valence-electron chi connectivity index (χ0n) is 16.0. The Balaban J connectivity index is 1.43. The summed E-state index contributed by atoms with van der Waals surface area (Å²) in [6, 6.07) is 10.6. The van der Waals surface area contributed by atoms with Gasteiger partial charge in [-0.05, 0) is 31.2 Å². The van der Waals surface area contributed by atoms with Crippen molar-refractivity contribution >= 4 is 11.8 Å². The van der Waals surface area contributed by atoms with Crippen molar-refractivity contribution in [1.29, 1.82) is 0 Å². The summed E-state index contributed by atoms with van der Waals surface area (Å²) in [5.41, 5.74) is 0.952. The third-order valence-corrected chi connectivity index (χ3v) is 6.28. The summed E-state index contributed by atoms with van der Waals surface area (Å²) in [7, 11) is 3.76. The van der Waals surface area contributed by atoms with Gasteiger partial charge in [-0.15, -0.1) is 0 Å². The number of carbonyl (C=O) groups excluding carboxylic acids is 2. The molecule has 2 saturated heterocycles. The summed E-state index contributed by atoms with van der Waals surface area (Å²) in [5.74, 6) is 0.660. The van der Waals surface area contributed by atoms with Crippen LogP contribution in [0.1, 0.15) is 35.4 Å². The molecule has 142 valence electrons. The number of nitrogens with zero attached hydrogens (tertiary/aromatic N) is 4. The molecule has 6 nitrogen and oxygen atoms in total. The standard InChI is InChI=1S/C21H26N4O2/c1-23-13-10-22-18(23)19(26)25-11-8-21(9-12-25)15-17(24(2)20(21)27)14-16-6-4-3-5-7-16/h3-7,10,13,17H,8-9,11-12,14-15H2,1-2H3/t17-/m1/s1. The van der Waals surface area contributed by atoms with Gasteiger partial charge in [-0.3, -0.25) is 9.59 Å². The largest absolute Gasteiger partial charge is 0.342 e. The maximum Gasteiger partial charge on any atom is 0.289 e. The highest BCUT2D eigenvalue weighted by Crippen LogP contribution is 2.44. The van der Waals surface area contributed by atoms with Crippen molar-refractivity contribution < 1.29 is 9.59 Å². The molecule has 6 heteroatoms. The number of benzene rings is 1. The molecular formula is C21H26N4O2. The molecule has 2 aliphatic rings. The Morgan fingerprint density at radius 3 is 2.52 bits per heavy atom. The Labute approximate surface area is 159 Å². The Morgan fingerprint density at radius 2 is 1.89 bits per heavy atom. The first-order valence-corrected chi connectivity index (χ1v) is 9.58. The fourth-order valence-corrected chi connectivity index (χ4v) is 4.58. The molecule has 1 atom stereocenters. The Kier molecular flexibility index (Phi) is 4.50. The van der Waals surface area contributed by atoms with Crippen LogP contribution in [0.5, 0.6) is 0 Å². The van der Waals surface area contributed by atoms with Crippen molar-refractivity contribution in [3.63, 3.8) is 0 Å². The summed E-state index contributed by atoms with van der Waals surface area (Å²) in [4.78, 5) is 33.7. The van der Waals surface area contributed by atoms with Gasteiger partial charge in [-0.2, -0.15) is 0 Å². The number of rotatable bonds is 3. The van der Waals surface area contributed by atoms with Crippen LogP contribution in [0, 0.1) is 5.41 Å². The molecule has 2 amide bonds. The van der Waals surface area contributed by atoms with Crippen LogP contribution in [-0.2, 0) is 18.3 Å². The van der Waals surface area contributed by atoms with Gasteiger partial charge < -0.3 is 14.4 Å². The molecule has 0 bridgehead atoms. The lowest BCUT2D eigenvalue weighted by Crippen LogP contribution is -2.46. The van der Waals surface area contributed by atoms with Crippen LogP contribution < -0.4 is 0 Å². The van der Waals surface area contributed by atoms with E-state index < -0.39 is 0 Å². The monoisotopic (exact) mass is 366 g/mol. The first-order chi connectivity index (χ1) is 13.0. The normalized spacial score (nSPS) is 21.9. The van der Waals surface area contributed by atoms with E-state index in [4.69, 9.17) is 0 Å². The predicted molar refractivity (Wildman–Crippen MR) is 102 cm³/mol. The van der Waals surface area contributed by atoms with E-state index in [1.54, 1.807) is 17.0 Å². The smallest absolute Gasteiger partial charge is 0.289 e. The van der Waals surface area contributed by atoms with Crippen LogP contribution in [0.3, 0.4) is 0 Å². The molecule has 2 aliphatic heterocycles. The average molecular weight is 366 g/mol. The Hall–Kier alpha value is -2.63. The van der Waals surface area contributed by atoms with Gasteiger partial charge in [0.2, 0.25) is 5.91 Å². The third kappa shape index (κ3) is 3.13. The van der Waals surface area contributed by atoms with E-state index in [-0.39, 0.29) is 23.3 Å². The van der Waals surface area contributed by atoms with Gasteiger partial charge in [0.05, 0.1) is 5.41 Å². The summed E-state index contributed by atoms with van der Waals surface area (Å²) in [6.45, 7) is 1.23. The molecule has 0 unspecified atom stereocenters. The van der Waals surface area contributed by atoms with E-state index in [0.717, 1.165) is 25.7 Å². The summed E-state index contributed by atoms with van der Waals surface area (Å²) in [5, 5.41) is 0. The third-order valence-electron chi connectivity index (χ3n) is 6.28. The lowest BCUT2D eigenvalue weighted by Gasteiger charge is -2.37. The van der Waals surface area contributed by atoms with Gasteiger partial charge in [0.25, 0.3) is 5.91 Å². The number of aromatic nitrogens is 2. The van der Waals surface area contributed by atoms with Crippen molar-refractivity contribution in [2.45, 2.75) is 31.7 Å². The van der Waals surface area contributed by atoms with Gasteiger partial charge in [-0.25, -0.2) is 4.98 Å². The maximum atomic E-state index is 13.0. The van der Waals surface area contributed by atoms with Crippen LogP contribution in [0.25, 0.3) is 0 Å². The number of carbonyl (C=O) groups is 2. The van der Waals surface area contributed by atoms with Crippen LogP contribution in [0.4, 0.5) is 0 Å². The van der Waals surface area contributed by atoms with Crippen molar-refractivity contribution in [1.82, 2.24) is 19.4 Å². The van der Waals surface area contributed by atoms with E-state index >= 15 is 0 Å². The average Bonchev–Trinajstić information content (AvgIpc) is 3.21. The molecule has 0 N–H and O–H groups in total. The molecule has 0 aliphatic carbocycles. The molecule has 4 rings (SSSR count). The second kappa shape index (κ2) is 6.83. The molecule has 1 spiro atoms. The topological polar surface area (TPSA) is 58.4 Å². The Morgan fingerprint density at radius 1 is 1.19 bits per heavy atom. The summed E-state index contributed by atoms with van der Waals surface area (Å²) >= 11 is 0. The fourth-order valence-electron chi connectivity index (χ4n) is 4.58. The van der Waals surface area contributed by atoms with E-state index in [1.165, 1.54) is 5.56 Å². The predicted octanol–water partition coefficient (Wildman–Crippen LogP) is 2.12. The number of aryl methyl sites for hydroxylation is 1. The molecular weight excluding hydrogens is 340 g/mol. The summed E-state index contributed by atoms with van der Waals surface area (Å²) in [6.07, 6.45) is 6.66. The Bertz CT molecular complexity index is 837. The zero-order valence-corrected chi connectivity index (χ0v) is 16.0. The second-order valence-corrected chi connectivity index (χ2v) is 7.90. The van der Waals surface area contributed by atoms with Crippen molar-refractivity contribution in [3.8, 4) is 0 Å². The molecule has 27 heavy (non-hydrogen) atoms. The number of imidazole rings is 1. The quantitative estimate of drug-likeness (QED) is 0.836. The van der Waals surface area contributed by atoms with Gasteiger partial charge in [-0.1, -0.05) is 30.3 Å². The number of piperidine rings is 1. The maximum absolute atomic E-state index is 13.0. The highest BCUT2D eigenvalue weighted by Gasteiger charge is 2.51. The fraction of sp³-hybridized carbons (Fsp3) is 0.476. The minimum atomic E-state index is -0.313.